The van der Waals surface area contributed by atoms with Gasteiger partial charge in [-0.05, 0) is 45.2 Å². The van der Waals surface area contributed by atoms with Gasteiger partial charge in [-0.1, -0.05) is 12.1 Å². The molecule has 1 aromatic carbocycles. The molecule has 1 aromatic rings. The van der Waals surface area contributed by atoms with E-state index in [0.717, 1.165) is 25.0 Å². The number of ether oxygens (including phenoxy) is 2. The molecule has 0 aromatic heterocycles. The van der Waals surface area contributed by atoms with Gasteiger partial charge in [0.2, 0.25) is 0 Å². The summed E-state index contributed by atoms with van der Waals surface area (Å²) in [6.07, 6.45) is 1.89. The van der Waals surface area contributed by atoms with Crippen LogP contribution >= 0.6 is 0 Å². The molecule has 21 heavy (non-hydrogen) atoms. The molecular weight excluding hydrogens is 307 g/mol. The molecule has 1 atom stereocenters. The Morgan fingerprint density at radius 1 is 1.33 bits per heavy atom. The van der Waals surface area contributed by atoms with E-state index in [-0.39, 0.29) is 63.1 Å². The molecule has 2 rings (SSSR count). The third-order valence-electron chi connectivity index (χ3n) is 3.56. The summed E-state index contributed by atoms with van der Waals surface area (Å²) in [7, 11) is 0. The summed E-state index contributed by atoms with van der Waals surface area (Å²) in [5.74, 6) is 0.488. The third-order valence-corrected chi connectivity index (χ3v) is 3.56. The Balaban J connectivity index is 0.00000220. The van der Waals surface area contributed by atoms with E-state index in [2.05, 4.69) is 0 Å². The fraction of sp³-hybridized carbons (Fsp3) is 0.571. The van der Waals surface area contributed by atoms with E-state index in [1.807, 2.05) is 13.8 Å². The Morgan fingerprint density at radius 3 is 2.48 bits per heavy atom. The first-order valence-electron chi connectivity index (χ1n) is 6.78. The van der Waals surface area contributed by atoms with Gasteiger partial charge < -0.3 is 22.4 Å². The van der Waals surface area contributed by atoms with E-state index in [0.29, 0.717) is 17.9 Å². The zero-order chi connectivity index (χ0) is 15.0. The van der Waals surface area contributed by atoms with Crippen molar-refractivity contribution in [2.24, 2.45) is 0 Å². The van der Waals surface area contributed by atoms with Crippen molar-refractivity contribution in [1.82, 2.24) is 0 Å². The molecule has 0 N–H and O–H groups in total. The molecule has 1 aliphatic heterocycles. The minimum atomic E-state index is -4.96. The van der Waals surface area contributed by atoms with Crippen molar-refractivity contribution in [2.75, 3.05) is 6.61 Å². The van der Waals surface area contributed by atoms with Gasteiger partial charge in [-0.25, -0.2) is 0 Å². The number of aryl methyl sites for hydroxylation is 1. The van der Waals surface area contributed by atoms with Crippen molar-refractivity contribution in [1.29, 1.82) is 0 Å². The van der Waals surface area contributed by atoms with E-state index in [4.69, 9.17) is 9.47 Å². The summed E-state index contributed by atoms with van der Waals surface area (Å²) in [6.45, 7) is 1.10. The first kappa shape index (κ1) is 19.5. The smallest absolute Gasteiger partial charge is 0.491 e. The fourth-order valence-corrected chi connectivity index (χ4v) is 2.42. The van der Waals surface area contributed by atoms with Gasteiger partial charge in [0.25, 0.3) is 0 Å². The normalized spacial score (nSPS) is 21.0. The van der Waals surface area contributed by atoms with E-state index in [9.17, 15) is 12.9 Å². The summed E-state index contributed by atoms with van der Waals surface area (Å²) in [6, 6.07) is 3.59. The van der Waals surface area contributed by atoms with Gasteiger partial charge in [-0.15, -0.1) is 5.46 Å². The Bertz CT molecular complexity index is 492. The second-order valence-electron chi connectivity index (χ2n) is 5.95. The van der Waals surface area contributed by atoms with Gasteiger partial charge in [-0.2, -0.15) is 0 Å². The van der Waals surface area contributed by atoms with Crippen LogP contribution in [0.1, 0.15) is 32.3 Å². The Morgan fingerprint density at radius 2 is 2.00 bits per heavy atom. The van der Waals surface area contributed by atoms with E-state index >= 15 is 0 Å². The summed E-state index contributed by atoms with van der Waals surface area (Å²) < 4.78 is 49.2. The largest absolute Gasteiger partial charge is 1.00 e. The molecule has 1 unspecified atom stereocenters. The molecule has 0 radical (unpaired) electrons. The molecule has 7 heteroatoms. The molecule has 1 saturated heterocycles. The van der Waals surface area contributed by atoms with E-state index in [1.165, 1.54) is 6.07 Å². The molecule has 0 aliphatic carbocycles. The predicted octanol–water partition coefficient (Wildman–Crippen LogP) is 0.390. The average molecular weight is 326 g/mol. The van der Waals surface area contributed by atoms with Gasteiger partial charge >= 0.3 is 58.4 Å². The van der Waals surface area contributed by atoms with E-state index < -0.39 is 12.4 Å². The molecular formula is C14H19BF3KO2. The molecule has 0 amide bonds. The molecule has 0 saturated carbocycles. The van der Waals surface area contributed by atoms with Crippen LogP contribution in [-0.4, -0.2) is 25.3 Å². The third kappa shape index (κ3) is 5.55. The Hall–Kier alpha value is 0.471. The number of hydrogen-bond donors (Lipinski definition) is 0. The van der Waals surface area contributed by atoms with Gasteiger partial charge in [0, 0.05) is 0 Å². The number of rotatable bonds is 4. The van der Waals surface area contributed by atoms with E-state index in [1.54, 1.807) is 6.92 Å². The van der Waals surface area contributed by atoms with Crippen LogP contribution in [0.2, 0.25) is 0 Å². The van der Waals surface area contributed by atoms with Crippen LogP contribution in [0.4, 0.5) is 12.9 Å². The predicted molar refractivity (Wildman–Crippen MR) is 73.6 cm³/mol. The molecule has 112 valence electrons. The first-order chi connectivity index (χ1) is 9.17. The zero-order valence-electron chi connectivity index (χ0n) is 13.0. The standard InChI is InChI=1S/C14H19BF3O2.K/c1-10-8-11(15(16,17)18)4-5-13(10)19-9-12-6-7-14(2,3)20-12;/h4-5,8,12H,6-7,9H2,1-3H3;/q-1;+1. The van der Waals surface area contributed by atoms with Crippen LogP contribution in [0.15, 0.2) is 18.2 Å². The maximum atomic E-state index is 12.6. The van der Waals surface area contributed by atoms with Crippen molar-refractivity contribution >= 4 is 12.4 Å². The number of halogens is 3. The average Bonchev–Trinajstić information content (AvgIpc) is 2.66. The van der Waals surface area contributed by atoms with Crippen LogP contribution in [0.3, 0.4) is 0 Å². The van der Waals surface area contributed by atoms with Gasteiger partial charge in [-0.3, -0.25) is 0 Å². The summed E-state index contributed by atoms with van der Waals surface area (Å²) in [5, 5.41) is 0. The van der Waals surface area contributed by atoms with Gasteiger partial charge in [0.15, 0.2) is 0 Å². The van der Waals surface area contributed by atoms with Crippen LogP contribution in [0.25, 0.3) is 0 Å². The minimum absolute atomic E-state index is 0. The van der Waals surface area contributed by atoms with Crippen LogP contribution in [0.5, 0.6) is 5.75 Å². The summed E-state index contributed by atoms with van der Waals surface area (Å²) >= 11 is 0. The number of benzene rings is 1. The summed E-state index contributed by atoms with van der Waals surface area (Å²) in [4.78, 5) is 0. The van der Waals surface area contributed by atoms with Crippen molar-refractivity contribution in [3.05, 3.63) is 23.8 Å². The molecule has 0 bridgehead atoms. The maximum Gasteiger partial charge on any atom is 1.00 e. The van der Waals surface area contributed by atoms with Crippen molar-refractivity contribution in [2.45, 2.75) is 45.3 Å². The first-order valence-corrected chi connectivity index (χ1v) is 6.78. The van der Waals surface area contributed by atoms with Crippen molar-refractivity contribution in [3.8, 4) is 5.75 Å². The fourth-order valence-electron chi connectivity index (χ4n) is 2.42. The molecule has 0 spiro atoms. The zero-order valence-corrected chi connectivity index (χ0v) is 16.1. The second-order valence-corrected chi connectivity index (χ2v) is 5.95. The quantitative estimate of drug-likeness (QED) is 0.746. The molecule has 2 nitrogen and oxygen atoms in total. The Labute approximate surface area is 166 Å². The molecule has 1 fully saturated rings. The van der Waals surface area contributed by atoms with Crippen LogP contribution < -0.4 is 61.6 Å². The van der Waals surface area contributed by atoms with Gasteiger partial charge in [0.05, 0.1) is 11.7 Å². The van der Waals surface area contributed by atoms with Crippen molar-refractivity contribution in [3.63, 3.8) is 0 Å². The maximum absolute atomic E-state index is 12.6. The van der Waals surface area contributed by atoms with Crippen LogP contribution in [0, 0.1) is 6.92 Å². The van der Waals surface area contributed by atoms with Crippen LogP contribution in [-0.2, 0) is 4.74 Å². The number of hydrogen-bond acceptors (Lipinski definition) is 2. The monoisotopic (exact) mass is 326 g/mol. The molecule has 1 heterocycles. The Kier molecular flexibility index (Phi) is 6.84. The second kappa shape index (κ2) is 7.36. The summed E-state index contributed by atoms with van der Waals surface area (Å²) in [5.41, 5.74) is -0.224. The van der Waals surface area contributed by atoms with Crippen molar-refractivity contribution < 1.29 is 73.8 Å². The topological polar surface area (TPSA) is 18.5 Å². The molecule has 1 aliphatic rings. The van der Waals surface area contributed by atoms with Gasteiger partial charge in [0.1, 0.15) is 12.4 Å². The minimum Gasteiger partial charge on any atom is -0.491 e. The SMILES string of the molecule is Cc1cc([B-](F)(F)F)ccc1OCC1CCC(C)(C)O1.[K+].